The fraction of sp³-hybridized carbons (Fsp3) is 0.333. The van der Waals surface area contributed by atoms with E-state index >= 15 is 0 Å². The summed E-state index contributed by atoms with van der Waals surface area (Å²) >= 11 is 0. The van der Waals surface area contributed by atoms with Gasteiger partial charge < -0.3 is 9.30 Å². The summed E-state index contributed by atoms with van der Waals surface area (Å²) in [6.45, 7) is 5.05. The first-order chi connectivity index (χ1) is 18.5. The molecule has 3 amide bonds. The third-order valence-electron chi connectivity index (χ3n) is 6.60. The molecule has 1 aliphatic heterocycles. The van der Waals surface area contributed by atoms with Gasteiger partial charge in [0.2, 0.25) is 0 Å². The fourth-order valence-electron chi connectivity index (χ4n) is 4.46. The maximum atomic E-state index is 13.5. The highest BCUT2D eigenvalue weighted by Crippen LogP contribution is 2.30. The number of benzene rings is 2. The van der Waals surface area contributed by atoms with Gasteiger partial charge >= 0.3 is 12.0 Å². The molecule has 8 nitrogen and oxygen atoms in total. The standard InChI is InChI=1S/C30H34N4O4/c1-4-6-13-27-31-20-25(33(27)21-22-14-16-23(17-15-22)29(36)38-3)19-26-28(35)32(18-7-5-2)30(37)34(26)24-11-9-8-10-12-24/h8-12,14-17,19-20H,4-7,13,18,21H2,1-3H3/b26-19-. The van der Waals surface area contributed by atoms with Crippen molar-refractivity contribution in [2.45, 2.75) is 52.5 Å². The molecular weight excluding hydrogens is 480 g/mol. The van der Waals surface area contributed by atoms with E-state index in [1.807, 2.05) is 49.4 Å². The van der Waals surface area contributed by atoms with Gasteiger partial charge in [-0.15, -0.1) is 0 Å². The van der Waals surface area contributed by atoms with Gasteiger partial charge in [0, 0.05) is 19.5 Å². The predicted octanol–water partition coefficient (Wildman–Crippen LogP) is 5.67. The largest absolute Gasteiger partial charge is 0.465 e. The van der Waals surface area contributed by atoms with Gasteiger partial charge in [-0.1, -0.05) is 57.0 Å². The van der Waals surface area contributed by atoms with Crippen molar-refractivity contribution in [2.24, 2.45) is 0 Å². The number of anilines is 1. The third-order valence-corrected chi connectivity index (χ3v) is 6.60. The van der Waals surface area contributed by atoms with Gasteiger partial charge in [0.15, 0.2) is 0 Å². The summed E-state index contributed by atoms with van der Waals surface area (Å²) in [4.78, 5) is 46.2. The summed E-state index contributed by atoms with van der Waals surface area (Å²) < 4.78 is 6.88. The Hall–Kier alpha value is -4.20. The van der Waals surface area contributed by atoms with E-state index in [-0.39, 0.29) is 17.9 Å². The Bertz CT molecular complexity index is 1310. The molecule has 1 aliphatic rings. The Morgan fingerprint density at radius 2 is 1.68 bits per heavy atom. The molecule has 0 aliphatic carbocycles. The van der Waals surface area contributed by atoms with Crippen LogP contribution in [0, 0.1) is 0 Å². The number of imidazole rings is 1. The number of hydrogen-bond acceptors (Lipinski definition) is 5. The highest BCUT2D eigenvalue weighted by atomic mass is 16.5. The van der Waals surface area contributed by atoms with E-state index < -0.39 is 0 Å². The number of esters is 1. The van der Waals surface area contributed by atoms with Crippen molar-refractivity contribution in [1.29, 1.82) is 0 Å². The van der Waals surface area contributed by atoms with E-state index in [1.165, 1.54) is 16.9 Å². The Balaban J connectivity index is 1.74. The molecule has 0 bridgehead atoms. The van der Waals surface area contributed by atoms with Crippen molar-refractivity contribution in [2.75, 3.05) is 18.6 Å². The molecule has 0 unspecified atom stereocenters. The van der Waals surface area contributed by atoms with E-state index in [0.29, 0.717) is 30.0 Å². The van der Waals surface area contributed by atoms with Crippen LogP contribution < -0.4 is 4.90 Å². The molecular formula is C30H34N4O4. The lowest BCUT2D eigenvalue weighted by Crippen LogP contribution is -2.33. The van der Waals surface area contributed by atoms with Crippen LogP contribution in [0.4, 0.5) is 10.5 Å². The number of amides is 3. The molecule has 0 spiro atoms. The minimum atomic E-state index is -0.383. The van der Waals surface area contributed by atoms with Gasteiger partial charge in [0.25, 0.3) is 5.91 Å². The molecule has 0 radical (unpaired) electrons. The van der Waals surface area contributed by atoms with Crippen molar-refractivity contribution in [3.05, 3.63) is 89.1 Å². The molecule has 4 rings (SSSR count). The molecule has 38 heavy (non-hydrogen) atoms. The van der Waals surface area contributed by atoms with Gasteiger partial charge in [-0.3, -0.25) is 14.6 Å². The van der Waals surface area contributed by atoms with E-state index in [1.54, 1.807) is 24.4 Å². The van der Waals surface area contributed by atoms with E-state index in [4.69, 9.17) is 4.74 Å². The molecule has 1 aromatic heterocycles. The van der Waals surface area contributed by atoms with Crippen molar-refractivity contribution in [3.63, 3.8) is 0 Å². The van der Waals surface area contributed by atoms with Gasteiger partial charge in [-0.05, 0) is 48.7 Å². The second kappa shape index (κ2) is 12.4. The number of para-hydroxylation sites is 1. The minimum absolute atomic E-state index is 0.307. The van der Waals surface area contributed by atoms with Crippen LogP contribution in [-0.4, -0.2) is 46.0 Å². The van der Waals surface area contributed by atoms with Crippen LogP contribution in [0.15, 0.2) is 66.5 Å². The zero-order valence-corrected chi connectivity index (χ0v) is 22.2. The molecule has 2 aromatic carbocycles. The van der Waals surface area contributed by atoms with Crippen molar-refractivity contribution in [3.8, 4) is 0 Å². The molecule has 0 N–H and O–H groups in total. The van der Waals surface area contributed by atoms with Crippen LogP contribution in [0.1, 0.15) is 67.0 Å². The number of nitrogens with zero attached hydrogens (tertiary/aromatic N) is 4. The Morgan fingerprint density at radius 3 is 2.34 bits per heavy atom. The van der Waals surface area contributed by atoms with Crippen LogP contribution in [0.3, 0.4) is 0 Å². The second-order valence-corrected chi connectivity index (χ2v) is 9.27. The molecule has 198 valence electrons. The van der Waals surface area contributed by atoms with Crippen LogP contribution in [0.5, 0.6) is 0 Å². The number of ether oxygens (including phenoxy) is 1. The average Bonchev–Trinajstić information content (AvgIpc) is 3.43. The van der Waals surface area contributed by atoms with Gasteiger partial charge in [-0.25, -0.2) is 14.6 Å². The summed E-state index contributed by atoms with van der Waals surface area (Å²) in [6, 6.07) is 16.2. The number of imide groups is 1. The molecule has 1 fully saturated rings. The van der Waals surface area contributed by atoms with Crippen molar-refractivity contribution >= 4 is 29.7 Å². The van der Waals surface area contributed by atoms with Crippen molar-refractivity contribution < 1.29 is 19.1 Å². The minimum Gasteiger partial charge on any atom is -0.465 e. The van der Waals surface area contributed by atoms with Gasteiger partial charge in [0.1, 0.15) is 11.5 Å². The molecule has 0 atom stereocenters. The maximum Gasteiger partial charge on any atom is 0.337 e. The monoisotopic (exact) mass is 514 g/mol. The number of rotatable bonds is 11. The smallest absolute Gasteiger partial charge is 0.337 e. The summed E-state index contributed by atoms with van der Waals surface area (Å²) in [5, 5.41) is 0. The lowest BCUT2D eigenvalue weighted by atomic mass is 10.1. The number of hydrogen-bond donors (Lipinski definition) is 0. The number of carbonyl (C=O) groups is 3. The first-order valence-electron chi connectivity index (χ1n) is 13.1. The lowest BCUT2D eigenvalue weighted by Gasteiger charge is -2.17. The quantitative estimate of drug-likeness (QED) is 0.187. The SMILES string of the molecule is CCCCc1ncc(/C=C2/C(=O)N(CCCC)C(=O)N2c2ccccc2)n1Cc1ccc(C(=O)OC)cc1. The van der Waals surface area contributed by atoms with Crippen LogP contribution in [0.25, 0.3) is 6.08 Å². The highest BCUT2D eigenvalue weighted by Gasteiger charge is 2.41. The third kappa shape index (κ3) is 5.69. The Labute approximate surface area is 223 Å². The molecule has 0 saturated carbocycles. The average molecular weight is 515 g/mol. The number of urea groups is 1. The first-order valence-corrected chi connectivity index (χ1v) is 13.1. The predicted molar refractivity (Wildman–Crippen MR) is 147 cm³/mol. The molecule has 1 saturated heterocycles. The topological polar surface area (TPSA) is 84.7 Å². The maximum absolute atomic E-state index is 13.5. The van der Waals surface area contributed by atoms with E-state index in [2.05, 4.69) is 16.5 Å². The number of methoxy groups -OCH3 is 1. The second-order valence-electron chi connectivity index (χ2n) is 9.27. The zero-order valence-electron chi connectivity index (χ0n) is 22.2. The fourth-order valence-corrected chi connectivity index (χ4v) is 4.46. The first kappa shape index (κ1) is 26.9. The number of unbranched alkanes of at least 4 members (excludes halogenated alkanes) is 2. The zero-order chi connectivity index (χ0) is 27.1. The Morgan fingerprint density at radius 1 is 0.974 bits per heavy atom. The molecule has 2 heterocycles. The highest BCUT2D eigenvalue weighted by molar-refractivity contribution is 6.23. The van der Waals surface area contributed by atoms with Crippen molar-refractivity contribution in [1.82, 2.24) is 14.5 Å². The summed E-state index contributed by atoms with van der Waals surface area (Å²) in [5.74, 6) is 0.213. The summed E-state index contributed by atoms with van der Waals surface area (Å²) in [6.07, 6.45) is 7.95. The normalized spacial score (nSPS) is 14.6. The number of aromatic nitrogens is 2. The summed E-state index contributed by atoms with van der Waals surface area (Å²) in [5.41, 5.74) is 3.15. The van der Waals surface area contributed by atoms with E-state index in [0.717, 1.165) is 49.2 Å². The number of carbonyl (C=O) groups excluding carboxylic acids is 3. The Kier molecular flexibility index (Phi) is 8.73. The van der Waals surface area contributed by atoms with Gasteiger partial charge in [0.05, 0.1) is 30.3 Å². The van der Waals surface area contributed by atoms with Crippen LogP contribution in [0.2, 0.25) is 0 Å². The summed E-state index contributed by atoms with van der Waals surface area (Å²) in [7, 11) is 1.36. The van der Waals surface area contributed by atoms with Crippen LogP contribution in [-0.2, 0) is 22.5 Å². The molecule has 8 heteroatoms. The van der Waals surface area contributed by atoms with Crippen LogP contribution >= 0.6 is 0 Å². The molecule has 3 aromatic rings. The van der Waals surface area contributed by atoms with E-state index in [9.17, 15) is 14.4 Å². The van der Waals surface area contributed by atoms with Gasteiger partial charge in [-0.2, -0.15) is 0 Å². The number of aryl methyl sites for hydroxylation is 1. The lowest BCUT2D eigenvalue weighted by molar-refractivity contribution is -0.122.